The van der Waals surface area contributed by atoms with E-state index in [-0.39, 0.29) is 11.9 Å². The number of ether oxygens (including phenoxy) is 1. The molecule has 0 saturated carbocycles. The van der Waals surface area contributed by atoms with Gasteiger partial charge < -0.3 is 15.0 Å². The third kappa shape index (κ3) is 2.99. The van der Waals surface area contributed by atoms with Gasteiger partial charge >= 0.3 is 0 Å². The van der Waals surface area contributed by atoms with E-state index in [1.54, 1.807) is 0 Å². The Labute approximate surface area is 126 Å². The number of morpholine rings is 1. The lowest BCUT2D eigenvalue weighted by Gasteiger charge is -2.36. The van der Waals surface area contributed by atoms with Crippen molar-refractivity contribution in [3.63, 3.8) is 0 Å². The van der Waals surface area contributed by atoms with Crippen molar-refractivity contribution in [1.82, 2.24) is 15.2 Å². The van der Waals surface area contributed by atoms with Gasteiger partial charge in [-0.2, -0.15) is 0 Å². The normalized spacial score (nSPS) is 29.6. The number of hydrogen-bond acceptors (Lipinski definition) is 3. The molecule has 116 valence electrons. The van der Waals surface area contributed by atoms with Gasteiger partial charge in [-0.3, -0.25) is 9.69 Å². The smallest absolute Gasteiger partial charge is 0.253 e. The fraction of sp³-hybridized carbons (Fsp3) is 0.688. The maximum atomic E-state index is 12.3. The third-order valence-corrected chi connectivity index (χ3v) is 4.72. The average molecular weight is 291 g/mol. The van der Waals surface area contributed by atoms with Crippen molar-refractivity contribution in [1.29, 1.82) is 0 Å². The lowest BCUT2D eigenvalue weighted by molar-refractivity contribution is -0.0683. The van der Waals surface area contributed by atoms with Crippen molar-refractivity contribution in [2.45, 2.75) is 45.4 Å². The van der Waals surface area contributed by atoms with E-state index in [4.69, 9.17) is 4.74 Å². The Morgan fingerprint density at radius 3 is 2.95 bits per heavy atom. The molecule has 2 saturated heterocycles. The summed E-state index contributed by atoms with van der Waals surface area (Å²) in [6.45, 7) is 9.04. The summed E-state index contributed by atoms with van der Waals surface area (Å²) >= 11 is 0. The first-order valence-electron chi connectivity index (χ1n) is 7.85. The van der Waals surface area contributed by atoms with Crippen LogP contribution in [0.15, 0.2) is 12.3 Å². The number of nitrogens with one attached hydrogen (secondary N) is 2. The number of aryl methyl sites for hydroxylation is 1. The summed E-state index contributed by atoms with van der Waals surface area (Å²) in [7, 11) is 0. The first-order chi connectivity index (χ1) is 10.0. The predicted octanol–water partition coefficient (Wildman–Crippen LogP) is 1.55. The van der Waals surface area contributed by atoms with E-state index in [0.717, 1.165) is 37.4 Å². The molecule has 3 heterocycles. The van der Waals surface area contributed by atoms with Crippen molar-refractivity contribution in [3.05, 3.63) is 23.5 Å². The van der Waals surface area contributed by atoms with Gasteiger partial charge in [-0.1, -0.05) is 13.8 Å². The Morgan fingerprint density at radius 1 is 1.48 bits per heavy atom. The van der Waals surface area contributed by atoms with E-state index in [9.17, 15) is 4.79 Å². The number of nitrogens with zero attached hydrogens (tertiary/aromatic N) is 1. The van der Waals surface area contributed by atoms with E-state index in [1.165, 1.54) is 0 Å². The first kappa shape index (κ1) is 14.6. The van der Waals surface area contributed by atoms with Gasteiger partial charge in [0.25, 0.3) is 5.91 Å². The molecule has 0 unspecified atom stereocenters. The van der Waals surface area contributed by atoms with Gasteiger partial charge in [0.1, 0.15) is 0 Å². The maximum absolute atomic E-state index is 12.3. The molecular formula is C16H25N3O2. The lowest BCUT2D eigenvalue weighted by Crippen LogP contribution is -2.48. The highest BCUT2D eigenvalue weighted by atomic mass is 16.5. The molecule has 0 aromatic carbocycles. The van der Waals surface area contributed by atoms with Gasteiger partial charge in [0, 0.05) is 37.1 Å². The lowest BCUT2D eigenvalue weighted by atomic mass is 10.0. The average Bonchev–Trinajstić information content (AvgIpc) is 3.02. The molecule has 0 radical (unpaired) electrons. The van der Waals surface area contributed by atoms with Crippen molar-refractivity contribution < 1.29 is 9.53 Å². The molecule has 0 bridgehead atoms. The zero-order valence-electron chi connectivity index (χ0n) is 13.1. The number of carbonyl (C=O) groups excluding carboxylic acids is 1. The number of aromatic nitrogens is 1. The quantitative estimate of drug-likeness (QED) is 0.888. The highest BCUT2D eigenvalue weighted by molar-refractivity contribution is 5.95. The summed E-state index contributed by atoms with van der Waals surface area (Å²) in [6, 6.07) is 2.52. The summed E-state index contributed by atoms with van der Waals surface area (Å²) in [5.41, 5.74) is 1.67. The molecule has 2 aliphatic rings. The van der Waals surface area contributed by atoms with E-state index >= 15 is 0 Å². The standard InChI is InChI=1S/C16H25N3O2/c1-10(2)15-8-19-7-12(6-13(19)9-21-15)18-16(20)14-4-5-17-11(14)3/h4-5,10,12-13,15,17H,6-9H2,1-3H3,(H,18,20)/t12-,13+,15-/m1/s1. The van der Waals surface area contributed by atoms with Gasteiger partial charge in [0.15, 0.2) is 0 Å². The Bertz CT molecular complexity index is 511. The van der Waals surface area contributed by atoms with Crippen LogP contribution in [0, 0.1) is 12.8 Å². The molecule has 5 nitrogen and oxygen atoms in total. The number of hydrogen-bond donors (Lipinski definition) is 2. The van der Waals surface area contributed by atoms with E-state index < -0.39 is 0 Å². The number of amides is 1. The zero-order valence-corrected chi connectivity index (χ0v) is 13.1. The summed E-state index contributed by atoms with van der Waals surface area (Å²) < 4.78 is 5.94. The molecule has 3 rings (SSSR count). The van der Waals surface area contributed by atoms with Crippen molar-refractivity contribution in [3.8, 4) is 0 Å². The minimum absolute atomic E-state index is 0.0277. The van der Waals surface area contributed by atoms with Crippen LogP contribution in [0.2, 0.25) is 0 Å². The number of fused-ring (bicyclic) bond motifs is 1. The minimum Gasteiger partial charge on any atom is -0.375 e. The van der Waals surface area contributed by atoms with Gasteiger partial charge in [-0.05, 0) is 25.3 Å². The van der Waals surface area contributed by atoms with Crippen molar-refractivity contribution >= 4 is 5.91 Å². The first-order valence-corrected chi connectivity index (χ1v) is 7.85. The molecule has 2 N–H and O–H groups in total. The fourth-order valence-corrected chi connectivity index (χ4v) is 3.37. The van der Waals surface area contributed by atoms with Crippen molar-refractivity contribution in [2.75, 3.05) is 19.7 Å². The van der Waals surface area contributed by atoms with Crippen LogP contribution in [0.3, 0.4) is 0 Å². The van der Waals surface area contributed by atoms with Crippen LogP contribution in [0.5, 0.6) is 0 Å². The molecule has 21 heavy (non-hydrogen) atoms. The molecule has 2 aliphatic heterocycles. The summed E-state index contributed by atoms with van der Waals surface area (Å²) in [5, 5.41) is 3.17. The van der Waals surface area contributed by atoms with E-state index in [0.29, 0.717) is 18.1 Å². The molecule has 0 spiro atoms. The van der Waals surface area contributed by atoms with Crippen LogP contribution in [0.1, 0.15) is 36.3 Å². The highest BCUT2D eigenvalue weighted by Gasteiger charge is 2.38. The number of rotatable bonds is 3. The maximum Gasteiger partial charge on any atom is 0.253 e. The Hall–Kier alpha value is -1.33. The van der Waals surface area contributed by atoms with Crippen molar-refractivity contribution in [2.24, 2.45) is 5.92 Å². The minimum atomic E-state index is 0.0277. The van der Waals surface area contributed by atoms with Crippen LogP contribution >= 0.6 is 0 Å². The van der Waals surface area contributed by atoms with Gasteiger partial charge in [0.05, 0.1) is 18.3 Å². The second-order valence-electron chi connectivity index (χ2n) is 6.65. The monoisotopic (exact) mass is 291 g/mol. The summed E-state index contributed by atoms with van der Waals surface area (Å²) in [6.07, 6.45) is 3.12. The van der Waals surface area contributed by atoms with Crippen LogP contribution < -0.4 is 5.32 Å². The molecular weight excluding hydrogens is 266 g/mol. The van der Waals surface area contributed by atoms with Crippen LogP contribution in [0.4, 0.5) is 0 Å². The van der Waals surface area contributed by atoms with Crippen LogP contribution in [-0.4, -0.2) is 53.7 Å². The second-order valence-corrected chi connectivity index (χ2v) is 6.65. The van der Waals surface area contributed by atoms with Gasteiger partial charge in [-0.15, -0.1) is 0 Å². The van der Waals surface area contributed by atoms with Gasteiger partial charge in [-0.25, -0.2) is 0 Å². The molecule has 2 fully saturated rings. The molecule has 3 atom stereocenters. The van der Waals surface area contributed by atoms with Crippen LogP contribution in [0.25, 0.3) is 0 Å². The second kappa shape index (κ2) is 5.81. The fourth-order valence-electron chi connectivity index (χ4n) is 3.37. The van der Waals surface area contributed by atoms with Crippen LogP contribution in [-0.2, 0) is 4.74 Å². The number of aromatic amines is 1. The Morgan fingerprint density at radius 2 is 2.29 bits per heavy atom. The molecule has 1 aromatic rings. The van der Waals surface area contributed by atoms with Gasteiger partial charge in [0.2, 0.25) is 0 Å². The SMILES string of the molecule is Cc1[nH]ccc1C(=O)N[C@@H]1C[C@H]2CO[C@@H](C(C)C)CN2C1. The number of H-pyrrole nitrogens is 1. The summed E-state index contributed by atoms with van der Waals surface area (Å²) in [5.74, 6) is 0.571. The molecule has 1 aromatic heterocycles. The largest absolute Gasteiger partial charge is 0.375 e. The molecule has 1 amide bonds. The zero-order chi connectivity index (χ0) is 15.0. The predicted molar refractivity (Wildman–Crippen MR) is 81.3 cm³/mol. The highest BCUT2D eigenvalue weighted by Crippen LogP contribution is 2.26. The Balaban J connectivity index is 1.58. The number of carbonyl (C=O) groups is 1. The van der Waals surface area contributed by atoms with E-state index in [2.05, 4.69) is 29.0 Å². The third-order valence-electron chi connectivity index (χ3n) is 4.72. The molecule has 0 aliphatic carbocycles. The Kier molecular flexibility index (Phi) is 4.04. The molecule has 5 heteroatoms. The topological polar surface area (TPSA) is 57.4 Å². The summed E-state index contributed by atoms with van der Waals surface area (Å²) in [4.78, 5) is 17.8. The van der Waals surface area contributed by atoms with E-state index in [1.807, 2.05) is 19.2 Å².